The van der Waals surface area contributed by atoms with E-state index in [2.05, 4.69) is 13.8 Å². The molecule has 4 nitrogen and oxygen atoms in total. The molecule has 1 unspecified atom stereocenters. The molecule has 0 fully saturated rings. The minimum atomic E-state index is -0.594. The summed E-state index contributed by atoms with van der Waals surface area (Å²) in [6.45, 7) is 5.24. The van der Waals surface area contributed by atoms with Crippen LogP contribution in [0.5, 0.6) is 0 Å². The van der Waals surface area contributed by atoms with Gasteiger partial charge < -0.3 is 9.47 Å². The van der Waals surface area contributed by atoms with Crippen molar-refractivity contribution in [1.82, 2.24) is 0 Å². The molecule has 0 saturated carbocycles. The molecule has 0 amide bonds. The molecule has 0 N–H and O–H groups in total. The molecule has 0 heterocycles. The van der Waals surface area contributed by atoms with Crippen LogP contribution < -0.4 is 0 Å². The highest BCUT2D eigenvalue weighted by Gasteiger charge is 2.26. The monoisotopic (exact) mass is 418 g/mol. The molecule has 1 rings (SSSR count). The minimum absolute atomic E-state index is 0.0369. The lowest BCUT2D eigenvalue weighted by Gasteiger charge is -2.16. The zero-order chi connectivity index (χ0) is 21.9. The highest BCUT2D eigenvalue weighted by Crippen LogP contribution is 2.22. The number of unbranched alkanes of at least 4 members (excludes halogenated alkanes) is 10. The molecule has 0 spiro atoms. The highest BCUT2D eigenvalue weighted by molar-refractivity contribution is 5.84. The van der Waals surface area contributed by atoms with E-state index in [1.807, 2.05) is 30.3 Å². The Balaban J connectivity index is 2.39. The minimum Gasteiger partial charge on any atom is -0.466 e. The number of hydrogen-bond donors (Lipinski definition) is 0. The fourth-order valence-electron chi connectivity index (χ4n) is 3.47. The van der Waals surface area contributed by atoms with Crippen molar-refractivity contribution in [3.8, 4) is 0 Å². The summed E-state index contributed by atoms with van der Waals surface area (Å²) in [6, 6.07) is 9.41. The van der Waals surface area contributed by atoms with E-state index in [0.29, 0.717) is 13.2 Å². The Morgan fingerprint density at radius 2 is 1.20 bits per heavy atom. The van der Waals surface area contributed by atoms with Crippen LogP contribution in [0.2, 0.25) is 0 Å². The van der Waals surface area contributed by atoms with E-state index >= 15 is 0 Å². The van der Waals surface area contributed by atoms with Crippen LogP contribution in [0.4, 0.5) is 0 Å². The summed E-state index contributed by atoms with van der Waals surface area (Å²) >= 11 is 0. The molecule has 1 atom stereocenters. The van der Waals surface area contributed by atoms with Crippen molar-refractivity contribution in [3.05, 3.63) is 35.9 Å². The van der Waals surface area contributed by atoms with Crippen LogP contribution in [0.15, 0.2) is 30.3 Å². The molecule has 1 aromatic rings. The zero-order valence-corrected chi connectivity index (χ0v) is 19.2. The topological polar surface area (TPSA) is 52.6 Å². The molecule has 4 heteroatoms. The highest BCUT2D eigenvalue weighted by atomic mass is 16.5. The number of benzene rings is 1. The normalized spacial score (nSPS) is 11.8. The Hall–Kier alpha value is -1.84. The first-order chi connectivity index (χ1) is 14.7. The molecule has 170 valence electrons. The van der Waals surface area contributed by atoms with Gasteiger partial charge in [-0.15, -0.1) is 0 Å². The zero-order valence-electron chi connectivity index (χ0n) is 19.2. The van der Waals surface area contributed by atoms with Gasteiger partial charge in [0.15, 0.2) is 0 Å². The lowest BCUT2D eigenvalue weighted by molar-refractivity contribution is -0.152. The molecule has 0 aliphatic rings. The van der Waals surface area contributed by atoms with E-state index in [1.54, 1.807) is 0 Å². The Kier molecular flexibility index (Phi) is 15.7. The summed E-state index contributed by atoms with van der Waals surface area (Å²) in [4.78, 5) is 25.0. The number of hydrogen-bond acceptors (Lipinski definition) is 4. The van der Waals surface area contributed by atoms with Gasteiger partial charge in [-0.2, -0.15) is 0 Å². The van der Waals surface area contributed by atoms with E-state index in [9.17, 15) is 9.59 Å². The quantitative estimate of drug-likeness (QED) is 0.191. The van der Waals surface area contributed by atoms with Crippen molar-refractivity contribution in [2.75, 3.05) is 13.2 Å². The van der Waals surface area contributed by atoms with Crippen molar-refractivity contribution in [3.63, 3.8) is 0 Å². The lowest BCUT2D eigenvalue weighted by atomic mass is 9.96. The maximum atomic E-state index is 12.7. The van der Waals surface area contributed by atoms with Crippen LogP contribution in [0.3, 0.4) is 0 Å². The summed E-state index contributed by atoms with van der Waals surface area (Å²) in [5.74, 6) is -1.25. The van der Waals surface area contributed by atoms with Crippen LogP contribution >= 0.6 is 0 Å². The second kappa shape index (κ2) is 18.0. The fourth-order valence-corrected chi connectivity index (χ4v) is 3.47. The first-order valence-electron chi connectivity index (χ1n) is 12.1. The number of esters is 2. The number of carbonyl (C=O) groups excluding carboxylic acids is 2. The number of carbonyl (C=O) groups is 2. The third kappa shape index (κ3) is 12.7. The smallest absolute Gasteiger partial charge is 0.314 e. The summed E-state index contributed by atoms with van der Waals surface area (Å²) < 4.78 is 10.9. The van der Waals surface area contributed by atoms with Crippen LogP contribution in [-0.4, -0.2) is 25.2 Å². The van der Waals surface area contributed by atoms with Gasteiger partial charge in [0.1, 0.15) is 0 Å². The van der Waals surface area contributed by atoms with Gasteiger partial charge >= 0.3 is 11.9 Å². The molecule has 0 aliphatic heterocycles. The fraction of sp³-hybridized carbons (Fsp3) is 0.692. The molecule has 0 saturated heterocycles. The standard InChI is InChI=1S/C26H42O4/c1-3-5-7-9-11-16-20-29-25(27)22-24(23-18-14-13-15-19-23)26(28)30-21-17-12-10-8-6-4-2/h13-15,18-19,24H,3-12,16-17,20-22H2,1-2H3. The summed E-state index contributed by atoms with van der Waals surface area (Å²) in [5.41, 5.74) is 0.807. The third-order valence-corrected chi connectivity index (χ3v) is 5.36. The Bertz CT molecular complexity index is 555. The van der Waals surface area contributed by atoms with Crippen molar-refractivity contribution >= 4 is 11.9 Å². The van der Waals surface area contributed by atoms with Crippen LogP contribution in [0.1, 0.15) is 109 Å². The number of rotatable bonds is 18. The molecule has 0 aliphatic carbocycles. The van der Waals surface area contributed by atoms with E-state index in [4.69, 9.17) is 9.47 Å². The van der Waals surface area contributed by atoms with Gasteiger partial charge in [-0.1, -0.05) is 108 Å². The van der Waals surface area contributed by atoms with Gasteiger partial charge in [0, 0.05) is 0 Å². The van der Waals surface area contributed by atoms with E-state index < -0.39 is 5.92 Å². The molecule has 0 radical (unpaired) electrons. The van der Waals surface area contributed by atoms with Crippen molar-refractivity contribution in [1.29, 1.82) is 0 Å². The lowest BCUT2D eigenvalue weighted by Crippen LogP contribution is -2.21. The average Bonchev–Trinajstić information content (AvgIpc) is 2.76. The maximum Gasteiger partial charge on any atom is 0.314 e. The second-order valence-electron chi connectivity index (χ2n) is 8.09. The van der Waals surface area contributed by atoms with Gasteiger partial charge in [-0.3, -0.25) is 9.59 Å². The van der Waals surface area contributed by atoms with Crippen LogP contribution in [0, 0.1) is 0 Å². The van der Waals surface area contributed by atoms with E-state index in [0.717, 1.165) is 31.2 Å². The maximum absolute atomic E-state index is 12.7. The molecular weight excluding hydrogens is 376 g/mol. The largest absolute Gasteiger partial charge is 0.466 e. The average molecular weight is 419 g/mol. The SMILES string of the molecule is CCCCCCCCOC(=O)CC(C(=O)OCCCCCCCC)c1ccccc1. The molecule has 0 bridgehead atoms. The summed E-state index contributed by atoms with van der Waals surface area (Å²) in [5, 5.41) is 0. The van der Waals surface area contributed by atoms with Crippen LogP contribution in [-0.2, 0) is 19.1 Å². The van der Waals surface area contributed by atoms with Gasteiger partial charge in [-0.25, -0.2) is 0 Å². The summed E-state index contributed by atoms with van der Waals surface area (Å²) in [6.07, 6.45) is 13.8. The second-order valence-corrected chi connectivity index (χ2v) is 8.09. The Labute approximate surface area is 183 Å². The van der Waals surface area contributed by atoms with Gasteiger partial charge in [-0.05, 0) is 18.4 Å². The van der Waals surface area contributed by atoms with Crippen LogP contribution in [0.25, 0.3) is 0 Å². The summed E-state index contributed by atoms with van der Waals surface area (Å²) in [7, 11) is 0. The number of ether oxygens (including phenoxy) is 2. The van der Waals surface area contributed by atoms with Gasteiger partial charge in [0.05, 0.1) is 25.6 Å². The molecule has 0 aromatic heterocycles. The molecular formula is C26H42O4. The Morgan fingerprint density at radius 1 is 0.700 bits per heavy atom. The predicted octanol–water partition coefficient (Wildman–Crippen LogP) is 6.97. The van der Waals surface area contributed by atoms with Crippen molar-refractivity contribution in [2.24, 2.45) is 0 Å². The van der Waals surface area contributed by atoms with Crippen molar-refractivity contribution in [2.45, 2.75) is 103 Å². The first-order valence-corrected chi connectivity index (χ1v) is 12.1. The predicted molar refractivity (Wildman–Crippen MR) is 122 cm³/mol. The third-order valence-electron chi connectivity index (χ3n) is 5.36. The van der Waals surface area contributed by atoms with Gasteiger partial charge in [0.2, 0.25) is 0 Å². The van der Waals surface area contributed by atoms with E-state index in [-0.39, 0.29) is 18.4 Å². The first kappa shape index (κ1) is 26.2. The molecule has 30 heavy (non-hydrogen) atoms. The van der Waals surface area contributed by atoms with Gasteiger partial charge in [0.25, 0.3) is 0 Å². The Morgan fingerprint density at radius 3 is 1.77 bits per heavy atom. The van der Waals surface area contributed by atoms with E-state index in [1.165, 1.54) is 51.4 Å². The molecule has 1 aromatic carbocycles. The van der Waals surface area contributed by atoms with Crippen molar-refractivity contribution < 1.29 is 19.1 Å².